The summed E-state index contributed by atoms with van der Waals surface area (Å²) in [6.45, 7) is -0.290. The third kappa shape index (κ3) is 10.5. The molecule has 0 bridgehead atoms. The smallest absolute Gasteiger partial charge is 0.390 e. The first-order valence-corrected chi connectivity index (χ1v) is 16.5. The number of hydrogen-bond acceptors (Lipinski definition) is 14. The van der Waals surface area contributed by atoms with Gasteiger partial charge in [-0.05, 0) is 19.4 Å². The van der Waals surface area contributed by atoms with Crippen LogP contribution >= 0.6 is 45.1 Å². The van der Waals surface area contributed by atoms with Crippen LogP contribution in [0.4, 0.5) is 5.82 Å². The summed E-state index contributed by atoms with van der Waals surface area (Å²) in [4.78, 5) is 52.3. The Balaban J connectivity index is 2.01. The lowest BCUT2D eigenvalue weighted by molar-refractivity contribution is -0.0451. The average Bonchev–Trinajstić information content (AvgIpc) is 3.05. The van der Waals surface area contributed by atoms with Crippen molar-refractivity contribution in [3.8, 4) is 0 Å². The maximum atomic E-state index is 12.3. The second-order valence-corrected chi connectivity index (χ2v) is 13.8. The first-order chi connectivity index (χ1) is 16.1. The molecule has 0 radical (unpaired) electrons. The molecule has 22 heteroatoms. The zero-order valence-electron chi connectivity index (χ0n) is 17.8. The molecule has 1 aromatic heterocycles. The van der Waals surface area contributed by atoms with E-state index in [-0.39, 0.29) is 12.2 Å². The number of anilines is 1. The monoisotopic (exact) mass is 602 g/mol. The number of ether oxygens (including phenoxy) is 1. The Labute approximate surface area is 206 Å². The number of hydrogen-bond donors (Lipinski definition) is 7. The SMILES string of the molecule is NCCCCSSc1cn([C@H]2C[C@H](O)[C@@H](COP(=O)(O)OP(=O)(O)OP(=O)(O)O)O2)c(=O)nc1N. The molecule has 0 aromatic carbocycles. The highest BCUT2D eigenvalue weighted by Gasteiger charge is 2.43. The van der Waals surface area contributed by atoms with Crippen LogP contribution in [0.3, 0.4) is 0 Å². The number of nitrogen functional groups attached to an aromatic ring is 1. The van der Waals surface area contributed by atoms with Crippen LogP contribution in [0, 0.1) is 0 Å². The van der Waals surface area contributed by atoms with Crippen LogP contribution in [0.25, 0.3) is 0 Å². The topological polar surface area (TPSA) is 276 Å². The summed E-state index contributed by atoms with van der Waals surface area (Å²) in [5.74, 6) is 0.784. The van der Waals surface area contributed by atoms with Gasteiger partial charge >= 0.3 is 29.2 Å². The molecule has 2 heterocycles. The lowest BCUT2D eigenvalue weighted by Gasteiger charge is -2.19. The Kier molecular flexibility index (Phi) is 11.4. The Morgan fingerprint density at radius 2 is 1.86 bits per heavy atom. The van der Waals surface area contributed by atoms with Crippen LogP contribution in [-0.2, 0) is 31.6 Å². The molecule has 0 aliphatic carbocycles. The lowest BCUT2D eigenvalue weighted by Crippen LogP contribution is -2.29. The fourth-order valence-corrected chi connectivity index (χ4v) is 7.87. The largest absolute Gasteiger partial charge is 0.490 e. The highest BCUT2D eigenvalue weighted by atomic mass is 33.1. The van der Waals surface area contributed by atoms with Gasteiger partial charge in [-0.25, -0.2) is 18.5 Å². The minimum Gasteiger partial charge on any atom is -0.390 e. The maximum Gasteiger partial charge on any atom is 0.490 e. The van der Waals surface area contributed by atoms with Crippen LogP contribution in [0.1, 0.15) is 25.5 Å². The van der Waals surface area contributed by atoms with Gasteiger partial charge in [-0.2, -0.15) is 13.6 Å². The van der Waals surface area contributed by atoms with Gasteiger partial charge < -0.3 is 40.9 Å². The summed E-state index contributed by atoms with van der Waals surface area (Å²) >= 11 is 0. The fraction of sp³-hybridized carbons (Fsp3) is 0.692. The molecule has 2 unspecified atom stereocenters. The molecule has 1 aliphatic rings. The number of phosphoric acid groups is 3. The molecule has 1 saturated heterocycles. The third-order valence-corrected chi connectivity index (χ3v) is 10.4. The summed E-state index contributed by atoms with van der Waals surface area (Å²) in [5.41, 5.74) is 10.5. The van der Waals surface area contributed by atoms with Crippen LogP contribution in [0.5, 0.6) is 0 Å². The van der Waals surface area contributed by atoms with Crippen molar-refractivity contribution in [2.45, 2.75) is 42.6 Å². The molecule has 17 nitrogen and oxygen atoms in total. The number of aromatic nitrogens is 2. The minimum absolute atomic E-state index is 0.00493. The molecule has 0 spiro atoms. The van der Waals surface area contributed by atoms with E-state index in [1.807, 2.05) is 0 Å². The van der Waals surface area contributed by atoms with Crippen LogP contribution in [0.15, 0.2) is 15.9 Å². The van der Waals surface area contributed by atoms with E-state index in [1.165, 1.54) is 27.8 Å². The predicted molar refractivity (Wildman–Crippen MR) is 124 cm³/mol. The molecule has 1 aliphatic heterocycles. The van der Waals surface area contributed by atoms with Crippen LogP contribution in [0.2, 0.25) is 0 Å². The van der Waals surface area contributed by atoms with Crippen molar-refractivity contribution in [1.29, 1.82) is 0 Å². The second-order valence-electron chi connectivity index (χ2n) is 6.90. The van der Waals surface area contributed by atoms with Gasteiger partial charge in [-0.1, -0.05) is 21.6 Å². The molecule has 2 rings (SSSR count). The van der Waals surface area contributed by atoms with Crippen molar-refractivity contribution in [1.82, 2.24) is 9.55 Å². The van der Waals surface area contributed by atoms with Crippen molar-refractivity contribution < 1.29 is 56.3 Å². The summed E-state index contributed by atoms with van der Waals surface area (Å²) in [6, 6.07) is 0. The van der Waals surface area contributed by atoms with Gasteiger partial charge in [0.2, 0.25) is 0 Å². The second kappa shape index (κ2) is 13.0. The van der Waals surface area contributed by atoms with Crippen molar-refractivity contribution in [2.75, 3.05) is 24.6 Å². The van der Waals surface area contributed by atoms with Gasteiger partial charge in [0.1, 0.15) is 18.1 Å². The van der Waals surface area contributed by atoms with Gasteiger partial charge in [0.25, 0.3) is 0 Å². The van der Waals surface area contributed by atoms with E-state index in [4.69, 9.17) is 30.9 Å². The van der Waals surface area contributed by atoms with E-state index >= 15 is 0 Å². The lowest BCUT2D eigenvalue weighted by atomic mass is 10.2. The number of phosphoric ester groups is 1. The highest BCUT2D eigenvalue weighted by Crippen LogP contribution is 2.66. The fourth-order valence-electron chi connectivity index (χ4n) is 2.65. The summed E-state index contributed by atoms with van der Waals surface area (Å²) in [5, 5.41) is 10.2. The molecule has 35 heavy (non-hydrogen) atoms. The number of rotatable bonds is 14. The predicted octanol–water partition coefficient (Wildman–Crippen LogP) is 0.296. The molecule has 202 valence electrons. The van der Waals surface area contributed by atoms with Crippen molar-refractivity contribution in [3.05, 3.63) is 16.7 Å². The molecular weight excluding hydrogens is 577 g/mol. The molecule has 5 atom stereocenters. The van der Waals surface area contributed by atoms with E-state index in [2.05, 4.69) is 18.1 Å². The van der Waals surface area contributed by atoms with Gasteiger partial charge in [0, 0.05) is 18.4 Å². The summed E-state index contributed by atoms with van der Waals surface area (Å²) in [6.07, 6.45) is -0.666. The number of nitrogens with zero attached hydrogens (tertiary/aromatic N) is 2. The standard InChI is InChI=1S/C13H25N4O13P3S2/c14-3-1-2-4-34-35-10-6-17(13(19)16-12(10)15)11-5-8(18)9(28-11)7-27-32(23,24)30-33(25,26)29-31(20,21)22/h6,8-9,11,18H,1-5,7,14H2,(H,23,24)(H,25,26)(H2,15,16,19)(H2,20,21,22)/t8-,9+,11+/m0/s1. The van der Waals surface area contributed by atoms with Gasteiger partial charge in [-0.3, -0.25) is 9.09 Å². The quantitative estimate of drug-likeness (QED) is 0.0856. The first-order valence-electron chi connectivity index (χ1n) is 9.62. The number of aliphatic hydroxyl groups excluding tert-OH is 1. The van der Waals surface area contributed by atoms with Crippen molar-refractivity contribution >= 4 is 50.9 Å². The van der Waals surface area contributed by atoms with Gasteiger partial charge in [0.15, 0.2) is 0 Å². The molecule has 0 saturated carbocycles. The van der Waals surface area contributed by atoms with Crippen molar-refractivity contribution in [3.63, 3.8) is 0 Å². The minimum atomic E-state index is -5.69. The number of aliphatic hydroxyl groups is 1. The third-order valence-electron chi connectivity index (χ3n) is 4.11. The summed E-state index contributed by atoms with van der Waals surface area (Å²) < 4.78 is 52.1. The van der Waals surface area contributed by atoms with Crippen molar-refractivity contribution in [2.24, 2.45) is 5.73 Å². The van der Waals surface area contributed by atoms with E-state index in [0.29, 0.717) is 11.4 Å². The molecule has 0 amide bonds. The van der Waals surface area contributed by atoms with E-state index in [0.717, 1.165) is 23.2 Å². The Hall–Kier alpha value is -0.330. The zero-order valence-corrected chi connectivity index (χ0v) is 22.1. The van der Waals surface area contributed by atoms with E-state index in [1.54, 1.807) is 0 Å². The maximum absolute atomic E-state index is 12.3. The first kappa shape index (κ1) is 30.9. The van der Waals surface area contributed by atoms with Crippen LogP contribution in [-0.4, -0.2) is 65.3 Å². The molecule has 1 fully saturated rings. The van der Waals surface area contributed by atoms with Crippen LogP contribution < -0.4 is 17.2 Å². The Bertz CT molecular complexity index is 1070. The molecule has 9 N–H and O–H groups in total. The Morgan fingerprint density at radius 3 is 2.49 bits per heavy atom. The molecule has 1 aromatic rings. The molecular formula is C13H25N4O13P3S2. The van der Waals surface area contributed by atoms with Gasteiger partial charge in [0.05, 0.1) is 17.6 Å². The highest BCUT2D eigenvalue weighted by molar-refractivity contribution is 8.76. The Morgan fingerprint density at radius 1 is 1.17 bits per heavy atom. The van der Waals surface area contributed by atoms with Gasteiger partial charge in [-0.15, -0.1) is 0 Å². The zero-order chi connectivity index (χ0) is 26.4. The normalized spacial score (nSPS) is 24.2. The van der Waals surface area contributed by atoms with E-state index in [9.17, 15) is 28.5 Å². The number of unbranched alkanes of at least 4 members (excludes halogenated alkanes) is 1. The number of nitrogens with two attached hydrogens (primary N) is 2. The summed E-state index contributed by atoms with van der Waals surface area (Å²) in [7, 11) is -13.9. The van der Waals surface area contributed by atoms with E-state index < -0.39 is 54.2 Å². The average molecular weight is 602 g/mol.